The van der Waals surface area contributed by atoms with Gasteiger partial charge in [0.25, 0.3) is 5.69 Å². The molecule has 0 aliphatic heterocycles. The van der Waals surface area contributed by atoms with Gasteiger partial charge in [-0.25, -0.2) is 13.1 Å². The lowest BCUT2D eigenvalue weighted by atomic mass is 10.1. The Balaban J connectivity index is 2.00. The number of hydrogen-bond donors (Lipinski definition) is 1. The average Bonchev–Trinajstić information content (AvgIpc) is 2.53. The fraction of sp³-hybridized carbons (Fsp3) is 0.250. The second-order valence-corrected chi connectivity index (χ2v) is 7.56. The van der Waals surface area contributed by atoms with Crippen LogP contribution in [0.1, 0.15) is 11.1 Å². The third-order valence-corrected chi connectivity index (χ3v) is 5.19. The Morgan fingerprint density at radius 1 is 1.20 bits per heavy atom. The molecule has 0 aromatic heterocycles. The minimum atomic E-state index is -3.90. The predicted octanol–water partition coefficient (Wildman–Crippen LogP) is 3.22. The van der Waals surface area contributed by atoms with Crippen molar-refractivity contribution in [3.05, 3.63) is 62.7 Å². The van der Waals surface area contributed by atoms with Gasteiger partial charge in [0.1, 0.15) is 17.4 Å². The molecule has 0 amide bonds. The lowest BCUT2D eigenvalue weighted by Crippen LogP contribution is -2.28. The first-order valence-corrected chi connectivity index (χ1v) is 9.20. The molecule has 9 heteroatoms. The van der Waals surface area contributed by atoms with E-state index in [2.05, 4.69) is 4.72 Å². The first-order chi connectivity index (χ1) is 11.7. The molecular formula is C16H17ClN2O5S. The largest absolute Gasteiger partial charge is 0.492 e. The molecule has 0 unspecified atom stereocenters. The Bertz CT molecular complexity index is 899. The number of halogens is 1. The molecule has 0 spiro atoms. The fourth-order valence-electron chi connectivity index (χ4n) is 2.18. The van der Waals surface area contributed by atoms with Crippen LogP contribution in [0.15, 0.2) is 41.3 Å². The summed E-state index contributed by atoms with van der Waals surface area (Å²) in [4.78, 5) is 9.90. The third-order valence-electron chi connectivity index (χ3n) is 3.41. The zero-order valence-electron chi connectivity index (χ0n) is 13.7. The maximum atomic E-state index is 12.2. The quantitative estimate of drug-likeness (QED) is 0.449. The van der Waals surface area contributed by atoms with E-state index in [0.717, 1.165) is 17.2 Å². The summed E-state index contributed by atoms with van der Waals surface area (Å²) in [5, 5.41) is 10.7. The monoisotopic (exact) mass is 384 g/mol. The Labute approximate surface area is 150 Å². The molecule has 0 radical (unpaired) electrons. The maximum Gasteiger partial charge on any atom is 0.289 e. The second-order valence-electron chi connectivity index (χ2n) is 5.39. The minimum absolute atomic E-state index is 0.0199. The summed E-state index contributed by atoms with van der Waals surface area (Å²) in [6.07, 6.45) is 0. The highest BCUT2D eigenvalue weighted by Gasteiger charge is 2.20. The summed E-state index contributed by atoms with van der Waals surface area (Å²) in [5.74, 6) is 0.673. The van der Waals surface area contributed by atoms with Gasteiger partial charge in [-0.05, 0) is 37.6 Å². The van der Waals surface area contributed by atoms with Crippen LogP contribution in [0.3, 0.4) is 0 Å². The second kappa shape index (κ2) is 7.81. The lowest BCUT2D eigenvalue weighted by molar-refractivity contribution is -0.384. The van der Waals surface area contributed by atoms with Crippen LogP contribution in [-0.2, 0) is 10.0 Å². The topological polar surface area (TPSA) is 98.5 Å². The van der Waals surface area contributed by atoms with Crippen LogP contribution in [0.4, 0.5) is 5.69 Å². The minimum Gasteiger partial charge on any atom is -0.492 e. The van der Waals surface area contributed by atoms with E-state index in [0.29, 0.717) is 5.75 Å². The van der Waals surface area contributed by atoms with Gasteiger partial charge in [0.15, 0.2) is 0 Å². The summed E-state index contributed by atoms with van der Waals surface area (Å²) in [6.45, 7) is 4.01. The standard InChI is InChI=1S/C16H17ClN2O5S/c1-11-3-6-16(12(2)9-11)24-8-7-18-25(22,23)13-4-5-14(17)15(10-13)19(20)21/h3-6,9-10,18H,7-8H2,1-2H3. The molecule has 0 saturated carbocycles. The fourth-order valence-corrected chi connectivity index (χ4v) is 3.40. The molecule has 2 aromatic rings. The normalized spacial score (nSPS) is 11.3. The molecular weight excluding hydrogens is 368 g/mol. The van der Waals surface area contributed by atoms with Gasteiger partial charge in [-0.3, -0.25) is 10.1 Å². The van der Waals surface area contributed by atoms with Gasteiger partial charge < -0.3 is 4.74 Å². The van der Waals surface area contributed by atoms with Crippen LogP contribution in [0.2, 0.25) is 5.02 Å². The van der Waals surface area contributed by atoms with Crippen LogP contribution in [0, 0.1) is 24.0 Å². The van der Waals surface area contributed by atoms with E-state index in [-0.39, 0.29) is 23.1 Å². The predicted molar refractivity (Wildman–Crippen MR) is 94.7 cm³/mol. The van der Waals surface area contributed by atoms with Crippen molar-refractivity contribution in [1.82, 2.24) is 4.72 Å². The van der Waals surface area contributed by atoms with Crippen LogP contribution >= 0.6 is 11.6 Å². The number of nitro benzene ring substituents is 1. The van der Waals surface area contributed by atoms with Gasteiger partial charge in [0.2, 0.25) is 10.0 Å². The zero-order valence-corrected chi connectivity index (χ0v) is 15.2. The highest BCUT2D eigenvalue weighted by atomic mass is 35.5. The summed E-state index contributed by atoms with van der Waals surface area (Å²) >= 11 is 5.68. The van der Waals surface area contributed by atoms with Crippen molar-refractivity contribution in [2.45, 2.75) is 18.7 Å². The molecule has 0 aliphatic rings. The Hall–Kier alpha value is -2.16. The zero-order chi connectivity index (χ0) is 18.6. The van der Waals surface area contributed by atoms with Crippen LogP contribution in [0.5, 0.6) is 5.75 Å². The molecule has 0 aliphatic carbocycles. The van der Waals surface area contributed by atoms with Crippen molar-refractivity contribution in [3.63, 3.8) is 0 Å². The first kappa shape index (κ1) is 19.2. The number of hydrogen-bond acceptors (Lipinski definition) is 5. The van der Waals surface area contributed by atoms with Gasteiger partial charge >= 0.3 is 0 Å². The van der Waals surface area contributed by atoms with Crippen LogP contribution in [-0.4, -0.2) is 26.5 Å². The van der Waals surface area contributed by atoms with E-state index in [1.165, 1.54) is 12.1 Å². The number of nitrogens with zero attached hydrogens (tertiary/aromatic N) is 1. The summed E-state index contributed by atoms with van der Waals surface area (Å²) < 4.78 is 32.3. The van der Waals surface area contributed by atoms with Gasteiger partial charge in [0, 0.05) is 12.6 Å². The van der Waals surface area contributed by atoms with Crippen molar-refractivity contribution in [3.8, 4) is 5.75 Å². The van der Waals surface area contributed by atoms with Crippen molar-refractivity contribution in [2.24, 2.45) is 0 Å². The molecule has 0 bridgehead atoms. The van der Waals surface area contributed by atoms with Gasteiger partial charge in [-0.15, -0.1) is 0 Å². The summed E-state index contributed by atoms with van der Waals surface area (Å²) in [7, 11) is -3.90. The van der Waals surface area contributed by atoms with Crippen molar-refractivity contribution in [2.75, 3.05) is 13.2 Å². The van der Waals surface area contributed by atoms with Crippen molar-refractivity contribution < 1.29 is 18.1 Å². The van der Waals surface area contributed by atoms with E-state index < -0.39 is 20.6 Å². The van der Waals surface area contributed by atoms with Gasteiger partial charge in [0.05, 0.1) is 9.82 Å². The van der Waals surface area contributed by atoms with E-state index in [4.69, 9.17) is 16.3 Å². The smallest absolute Gasteiger partial charge is 0.289 e. The lowest BCUT2D eigenvalue weighted by Gasteiger charge is -2.11. The molecule has 2 rings (SSSR count). The molecule has 0 atom stereocenters. The van der Waals surface area contributed by atoms with E-state index >= 15 is 0 Å². The highest BCUT2D eigenvalue weighted by Crippen LogP contribution is 2.27. The van der Waals surface area contributed by atoms with Gasteiger partial charge in [-0.2, -0.15) is 0 Å². The Kier molecular flexibility index (Phi) is 5.99. The van der Waals surface area contributed by atoms with E-state index in [1.807, 2.05) is 32.0 Å². The summed E-state index contributed by atoms with van der Waals surface area (Å²) in [5.41, 5.74) is 1.60. The highest BCUT2D eigenvalue weighted by molar-refractivity contribution is 7.89. The number of aryl methyl sites for hydroxylation is 2. The number of rotatable bonds is 7. The third kappa shape index (κ3) is 4.91. The maximum absolute atomic E-state index is 12.2. The number of ether oxygens (including phenoxy) is 1. The number of nitro groups is 1. The Morgan fingerprint density at radius 2 is 1.92 bits per heavy atom. The van der Waals surface area contributed by atoms with Crippen LogP contribution in [0.25, 0.3) is 0 Å². The average molecular weight is 385 g/mol. The van der Waals surface area contributed by atoms with E-state index in [1.54, 1.807) is 0 Å². The number of sulfonamides is 1. The number of nitrogens with one attached hydrogen (secondary N) is 1. The molecule has 0 heterocycles. The van der Waals surface area contributed by atoms with Crippen molar-refractivity contribution >= 4 is 27.3 Å². The SMILES string of the molecule is Cc1ccc(OCCNS(=O)(=O)c2ccc(Cl)c([N+](=O)[O-])c2)c(C)c1. The molecule has 0 fully saturated rings. The summed E-state index contributed by atoms with van der Waals surface area (Å²) in [6, 6.07) is 9.01. The first-order valence-electron chi connectivity index (χ1n) is 7.34. The molecule has 25 heavy (non-hydrogen) atoms. The molecule has 7 nitrogen and oxygen atoms in total. The molecule has 1 N–H and O–H groups in total. The molecule has 134 valence electrons. The van der Waals surface area contributed by atoms with Crippen molar-refractivity contribution in [1.29, 1.82) is 0 Å². The van der Waals surface area contributed by atoms with Gasteiger partial charge in [-0.1, -0.05) is 29.3 Å². The molecule has 0 saturated heterocycles. The van der Waals surface area contributed by atoms with E-state index in [9.17, 15) is 18.5 Å². The molecule has 2 aromatic carbocycles. The Morgan fingerprint density at radius 3 is 2.56 bits per heavy atom. The number of benzene rings is 2. The van der Waals surface area contributed by atoms with Crippen LogP contribution < -0.4 is 9.46 Å².